The van der Waals surface area contributed by atoms with Gasteiger partial charge in [0.2, 0.25) is 0 Å². The Morgan fingerprint density at radius 1 is 1.00 bits per heavy atom. The molecule has 0 bridgehead atoms. The fourth-order valence-corrected chi connectivity index (χ4v) is 0. The van der Waals surface area contributed by atoms with Crippen molar-refractivity contribution in [1.29, 1.82) is 0 Å². The summed E-state index contributed by atoms with van der Waals surface area (Å²) < 4.78 is 0. The zero-order valence-electron chi connectivity index (χ0n) is 1.84. The van der Waals surface area contributed by atoms with Crippen LogP contribution >= 0.6 is 0 Å². The van der Waals surface area contributed by atoms with E-state index < -0.39 is 0 Å². The molecular weight excluding hydrogens is 328 g/mol. The monoisotopic (exact) mass is 326 g/mol. The maximum Gasteiger partial charge on any atom is 0 e. The number of hydrogen-bond donors (Lipinski definition) is 0. The van der Waals surface area contributed by atoms with Crippen LogP contribution in [0.5, 0.6) is 0 Å². The first kappa shape index (κ1) is 27.9. The van der Waals surface area contributed by atoms with Gasteiger partial charge in [-0.15, -0.1) is 0 Å². The third kappa shape index (κ3) is 8.90. The quantitative estimate of drug-likeness (QED) is 0.549. The van der Waals surface area contributed by atoms with Crippen LogP contribution in [0.3, 0.4) is 0 Å². The van der Waals surface area contributed by atoms with Gasteiger partial charge < -0.3 is 0 Å². The van der Waals surface area contributed by atoms with Crippen molar-refractivity contribution in [3.05, 3.63) is 0 Å². The van der Waals surface area contributed by atoms with Gasteiger partial charge in [0.15, 0.2) is 0 Å². The number of hydrogen-bond acceptors (Lipinski definition) is 0. The summed E-state index contributed by atoms with van der Waals surface area (Å²) >= 11 is 0. The molecule has 0 aliphatic carbocycles. The molecule has 26 valence electrons. The minimum atomic E-state index is 0. The van der Waals surface area contributed by atoms with E-state index in [9.17, 15) is 0 Å². The molecule has 0 saturated heterocycles. The molecule has 0 nitrogen and oxygen atoms in total. The fraction of sp³-hybridized carbons (Fsp3) is 0. The smallest absolute Gasteiger partial charge is 0 e. The molecule has 0 aliphatic heterocycles. The van der Waals surface area contributed by atoms with E-state index in [0.29, 0.717) is 0 Å². The minimum absolute atomic E-state index is 0. The third-order valence-corrected chi connectivity index (χ3v) is 0. The van der Waals surface area contributed by atoms with E-state index in [1.807, 2.05) is 0 Å². The zero-order chi connectivity index (χ0) is 0. The van der Waals surface area contributed by atoms with E-state index in [-0.39, 0.29) is 95.1 Å². The van der Waals surface area contributed by atoms with E-state index in [4.69, 9.17) is 0 Å². The Kier molecular flexibility index (Phi) is 116. The van der Waals surface area contributed by atoms with Crippen LogP contribution in [0.4, 0.5) is 0 Å². The summed E-state index contributed by atoms with van der Waals surface area (Å²) in [4.78, 5) is 0. The second-order valence-corrected chi connectivity index (χ2v) is 0. The van der Waals surface area contributed by atoms with Crippen LogP contribution < -0.4 is 0 Å². The first-order valence-corrected chi connectivity index (χ1v) is 0. The van der Waals surface area contributed by atoms with Crippen molar-refractivity contribution in [3.8, 4) is 0 Å². The van der Waals surface area contributed by atoms with Crippen LogP contribution in [0, 0.1) is 41.7 Å². The predicted octanol–water partition coefficient (Wildman–Crippen LogP) is -0.00750. The summed E-state index contributed by atoms with van der Waals surface area (Å²) in [6.07, 6.45) is 0. The molecule has 0 fully saturated rings. The molecule has 0 aromatic heterocycles. The predicted molar refractivity (Wildman–Crippen MR) is 0 cm³/mol. The van der Waals surface area contributed by atoms with Gasteiger partial charge in [-0.25, -0.2) is 0 Å². The summed E-state index contributed by atoms with van der Waals surface area (Å²) in [5.41, 5.74) is 0. The SMILES string of the molecule is [Ce].[Co].[Cu].[Zn]. The van der Waals surface area contributed by atoms with Gasteiger partial charge in [-0.1, -0.05) is 0 Å². The molecule has 0 aromatic carbocycles. The topological polar surface area (TPSA) is 0 Å². The second kappa shape index (κ2) is 16.6. The summed E-state index contributed by atoms with van der Waals surface area (Å²) in [5, 5.41) is 0. The molecule has 2 radical (unpaired) electrons. The molecule has 0 heterocycles. The van der Waals surface area contributed by atoms with Crippen LogP contribution in [0.15, 0.2) is 0 Å². The first-order valence-electron chi connectivity index (χ1n) is 0. The molecule has 0 aromatic rings. The van der Waals surface area contributed by atoms with Crippen LogP contribution in [-0.4, -0.2) is 0 Å². The normalized spacial score (nSPS) is 0. The first-order chi connectivity index (χ1) is 0. The van der Waals surface area contributed by atoms with Crippen molar-refractivity contribution in [3.63, 3.8) is 0 Å². The van der Waals surface area contributed by atoms with E-state index >= 15 is 0 Å². The van der Waals surface area contributed by atoms with E-state index in [0.717, 1.165) is 0 Å². The van der Waals surface area contributed by atoms with Gasteiger partial charge in [-0.2, -0.15) is 0 Å². The van der Waals surface area contributed by atoms with Crippen molar-refractivity contribution in [1.82, 2.24) is 0 Å². The Bertz CT molecular complexity index is 8.00. The van der Waals surface area contributed by atoms with Gasteiger partial charge in [-0.05, 0) is 0 Å². The van der Waals surface area contributed by atoms with Gasteiger partial charge in [-0.3, -0.25) is 0 Å². The zero-order valence-corrected chi connectivity index (χ0v) is 9.93. The molecule has 0 saturated carbocycles. The van der Waals surface area contributed by atoms with Gasteiger partial charge in [0.05, 0.1) is 0 Å². The second-order valence-electron chi connectivity index (χ2n) is 0. The van der Waals surface area contributed by atoms with E-state index in [1.165, 1.54) is 0 Å². The van der Waals surface area contributed by atoms with E-state index in [1.54, 1.807) is 0 Å². The van der Waals surface area contributed by atoms with Gasteiger partial charge >= 0.3 is 0 Å². The molecule has 4 heavy (non-hydrogen) atoms. The van der Waals surface area contributed by atoms with Crippen LogP contribution in [-0.2, 0) is 53.3 Å². The van der Waals surface area contributed by atoms with Crippen molar-refractivity contribution >= 4 is 0 Å². The van der Waals surface area contributed by atoms with Crippen LogP contribution in [0.1, 0.15) is 0 Å². The molecule has 0 rings (SSSR count). The maximum atomic E-state index is 0. The van der Waals surface area contributed by atoms with Gasteiger partial charge in [0, 0.05) is 95.1 Å². The summed E-state index contributed by atoms with van der Waals surface area (Å²) in [5.74, 6) is 0. The molecule has 0 aliphatic rings. The largest absolute Gasteiger partial charge is 0 e. The summed E-state index contributed by atoms with van der Waals surface area (Å²) in [7, 11) is 0. The molecule has 0 N–H and O–H groups in total. The molecule has 4 heteroatoms. The Morgan fingerprint density at radius 3 is 1.00 bits per heavy atom. The van der Waals surface area contributed by atoms with Gasteiger partial charge in [0.1, 0.15) is 0 Å². The van der Waals surface area contributed by atoms with E-state index in [2.05, 4.69) is 0 Å². The molecule has 0 spiro atoms. The van der Waals surface area contributed by atoms with Crippen LogP contribution in [0.25, 0.3) is 0 Å². The molecule has 0 unspecified atom stereocenters. The molecular formula is CeCoCuZn. The maximum absolute atomic E-state index is 0. The minimum Gasteiger partial charge on any atom is 0 e. The average molecular weight is 328 g/mol. The van der Waals surface area contributed by atoms with Crippen molar-refractivity contribution in [2.24, 2.45) is 0 Å². The standard InChI is InChI=1S/Ce.Co.Cu.Zn. The van der Waals surface area contributed by atoms with Gasteiger partial charge in [0.25, 0.3) is 0 Å². The Labute approximate surface area is 93.1 Å². The molecule has 0 amide bonds. The summed E-state index contributed by atoms with van der Waals surface area (Å²) in [6.45, 7) is 0. The van der Waals surface area contributed by atoms with Crippen LogP contribution in [0.2, 0.25) is 0 Å². The molecule has 0 atom stereocenters. The Balaban J connectivity index is 0. The Hall–Kier alpha value is 3.03. The average Bonchev–Trinajstić information content (AvgIpc) is 0. The van der Waals surface area contributed by atoms with Crippen molar-refractivity contribution in [2.45, 2.75) is 0 Å². The Morgan fingerprint density at radius 2 is 1.00 bits per heavy atom. The number of rotatable bonds is 0. The van der Waals surface area contributed by atoms with Crippen molar-refractivity contribution < 1.29 is 95.1 Å². The fourth-order valence-electron chi connectivity index (χ4n) is 0. The van der Waals surface area contributed by atoms with Crippen molar-refractivity contribution in [2.75, 3.05) is 0 Å². The third-order valence-electron chi connectivity index (χ3n) is 0. The summed E-state index contributed by atoms with van der Waals surface area (Å²) in [6, 6.07) is 0.